The fraction of sp³-hybridized carbons (Fsp3) is 0.136. The van der Waals surface area contributed by atoms with Crippen molar-refractivity contribution in [2.75, 3.05) is 10.6 Å². The number of anilines is 3. The first-order valence-corrected chi connectivity index (χ1v) is 9.55. The number of aryl methyl sites for hydroxylation is 1. The molecule has 4 rings (SSSR count). The molecule has 0 aliphatic heterocycles. The predicted molar refractivity (Wildman–Crippen MR) is 110 cm³/mol. The van der Waals surface area contributed by atoms with E-state index in [2.05, 4.69) is 25.8 Å². The molecule has 158 valence electrons. The van der Waals surface area contributed by atoms with Gasteiger partial charge < -0.3 is 15.1 Å². The fourth-order valence-electron chi connectivity index (χ4n) is 2.95. The molecule has 0 saturated carbocycles. The van der Waals surface area contributed by atoms with Crippen LogP contribution < -0.4 is 10.6 Å². The van der Waals surface area contributed by atoms with Crippen molar-refractivity contribution in [1.82, 2.24) is 15.2 Å². The van der Waals surface area contributed by atoms with Crippen LogP contribution in [0.5, 0.6) is 0 Å². The van der Waals surface area contributed by atoms with Gasteiger partial charge in [-0.25, -0.2) is 13.2 Å². The van der Waals surface area contributed by atoms with Crippen molar-refractivity contribution in [3.8, 4) is 11.5 Å². The van der Waals surface area contributed by atoms with Crippen molar-refractivity contribution in [3.05, 3.63) is 83.4 Å². The Balaban J connectivity index is 1.62. The molecule has 0 bridgehead atoms. The highest BCUT2D eigenvalue weighted by atomic mass is 19.2. The van der Waals surface area contributed by atoms with Crippen molar-refractivity contribution >= 4 is 17.4 Å². The van der Waals surface area contributed by atoms with Crippen LogP contribution in [0, 0.1) is 17.5 Å². The summed E-state index contributed by atoms with van der Waals surface area (Å²) in [5.41, 5.74) is 1.52. The molecule has 4 aromatic rings. The molecular formula is C22H18F3N5O. The van der Waals surface area contributed by atoms with E-state index in [1.165, 1.54) is 18.2 Å². The van der Waals surface area contributed by atoms with Crippen molar-refractivity contribution in [3.63, 3.8) is 0 Å². The van der Waals surface area contributed by atoms with Crippen LogP contribution in [0.2, 0.25) is 0 Å². The van der Waals surface area contributed by atoms with E-state index < -0.39 is 17.5 Å². The number of rotatable bonds is 7. The van der Waals surface area contributed by atoms with E-state index in [1.54, 1.807) is 18.5 Å². The molecule has 31 heavy (non-hydrogen) atoms. The molecule has 0 unspecified atom stereocenters. The molecule has 0 radical (unpaired) electrons. The number of nitrogens with one attached hydrogen (secondary N) is 2. The maximum Gasteiger partial charge on any atom is 0.316 e. The van der Waals surface area contributed by atoms with E-state index in [0.717, 1.165) is 17.2 Å². The zero-order valence-corrected chi connectivity index (χ0v) is 16.5. The summed E-state index contributed by atoms with van der Waals surface area (Å²) in [6.07, 6.45) is 3.96. The van der Waals surface area contributed by atoms with Crippen molar-refractivity contribution in [2.45, 2.75) is 19.9 Å². The molecule has 0 amide bonds. The predicted octanol–water partition coefficient (Wildman–Crippen LogP) is 5.47. The molecule has 0 aliphatic carbocycles. The van der Waals surface area contributed by atoms with E-state index in [-0.39, 0.29) is 28.8 Å². The molecule has 2 heterocycles. The highest BCUT2D eigenvalue weighted by Gasteiger charge is 2.20. The molecule has 0 atom stereocenters. The second kappa shape index (κ2) is 8.86. The molecule has 2 N–H and O–H groups in total. The minimum Gasteiger partial charge on any atom is -0.403 e. The van der Waals surface area contributed by atoms with Gasteiger partial charge in [0.1, 0.15) is 5.82 Å². The molecular weight excluding hydrogens is 407 g/mol. The number of aromatic nitrogens is 3. The number of hydrogen-bond acceptors (Lipinski definition) is 6. The Morgan fingerprint density at radius 2 is 1.71 bits per heavy atom. The van der Waals surface area contributed by atoms with Gasteiger partial charge in [0.05, 0.1) is 16.9 Å². The van der Waals surface area contributed by atoms with Gasteiger partial charge >= 0.3 is 6.01 Å². The van der Waals surface area contributed by atoms with Gasteiger partial charge in [-0.05, 0) is 53.9 Å². The van der Waals surface area contributed by atoms with Crippen LogP contribution in [-0.2, 0) is 13.0 Å². The summed E-state index contributed by atoms with van der Waals surface area (Å²) in [6, 6.07) is 10.5. The van der Waals surface area contributed by atoms with Gasteiger partial charge in [-0.3, -0.25) is 4.98 Å². The molecule has 2 aromatic carbocycles. The summed E-state index contributed by atoms with van der Waals surface area (Å²) in [4.78, 5) is 3.94. The normalized spacial score (nSPS) is 10.8. The average molecular weight is 425 g/mol. The largest absolute Gasteiger partial charge is 0.403 e. The highest BCUT2D eigenvalue weighted by molar-refractivity contribution is 5.78. The van der Waals surface area contributed by atoms with Gasteiger partial charge in [0.15, 0.2) is 11.6 Å². The topological polar surface area (TPSA) is 75.9 Å². The minimum absolute atomic E-state index is 0.00139. The van der Waals surface area contributed by atoms with E-state index >= 15 is 0 Å². The smallest absolute Gasteiger partial charge is 0.316 e. The molecule has 0 spiro atoms. The van der Waals surface area contributed by atoms with E-state index in [4.69, 9.17) is 4.42 Å². The summed E-state index contributed by atoms with van der Waals surface area (Å²) >= 11 is 0. The lowest BCUT2D eigenvalue weighted by Gasteiger charge is -2.13. The lowest BCUT2D eigenvalue weighted by atomic mass is 10.1. The molecule has 6 nitrogen and oxygen atoms in total. The number of nitrogens with zero attached hydrogens (tertiary/aromatic N) is 3. The Labute approximate surface area is 176 Å². The maximum absolute atomic E-state index is 14.6. The summed E-state index contributed by atoms with van der Waals surface area (Å²) in [5.74, 6) is -2.91. The van der Waals surface area contributed by atoms with Crippen LogP contribution in [0.3, 0.4) is 0 Å². The maximum atomic E-state index is 14.6. The second-order valence-electron chi connectivity index (χ2n) is 6.70. The monoisotopic (exact) mass is 425 g/mol. The van der Waals surface area contributed by atoms with Gasteiger partial charge in [0.2, 0.25) is 0 Å². The second-order valence-corrected chi connectivity index (χ2v) is 6.70. The van der Waals surface area contributed by atoms with Crippen LogP contribution in [0.1, 0.15) is 18.1 Å². The van der Waals surface area contributed by atoms with Crippen LogP contribution >= 0.6 is 0 Å². The van der Waals surface area contributed by atoms with Gasteiger partial charge in [0, 0.05) is 18.9 Å². The van der Waals surface area contributed by atoms with Gasteiger partial charge in [0.25, 0.3) is 5.89 Å². The Hall–Kier alpha value is -3.88. The molecule has 0 saturated heterocycles. The van der Waals surface area contributed by atoms with Crippen LogP contribution in [0.15, 0.2) is 59.3 Å². The number of benzene rings is 2. The Morgan fingerprint density at radius 3 is 2.45 bits per heavy atom. The summed E-state index contributed by atoms with van der Waals surface area (Å²) in [7, 11) is 0. The first-order valence-electron chi connectivity index (χ1n) is 9.55. The summed E-state index contributed by atoms with van der Waals surface area (Å²) in [5, 5.41) is 13.4. The third-order valence-electron chi connectivity index (χ3n) is 4.64. The third-order valence-corrected chi connectivity index (χ3v) is 4.64. The van der Waals surface area contributed by atoms with E-state index in [1.807, 2.05) is 19.1 Å². The SMILES string of the molecule is CCc1ccc(Nc2c(-c3nnc(NCc4ccncc4)o3)ccc(F)c2F)c(F)c1. The zero-order chi connectivity index (χ0) is 21.8. The minimum atomic E-state index is -1.18. The lowest BCUT2D eigenvalue weighted by molar-refractivity contribution is 0.511. The molecule has 0 fully saturated rings. The first-order chi connectivity index (χ1) is 15.0. The third kappa shape index (κ3) is 4.50. The summed E-state index contributed by atoms with van der Waals surface area (Å²) in [6.45, 7) is 2.30. The average Bonchev–Trinajstić information content (AvgIpc) is 3.26. The first kappa shape index (κ1) is 20.4. The van der Waals surface area contributed by atoms with Crippen molar-refractivity contribution < 1.29 is 17.6 Å². The lowest BCUT2D eigenvalue weighted by Crippen LogP contribution is -2.02. The summed E-state index contributed by atoms with van der Waals surface area (Å²) < 4.78 is 48.5. The van der Waals surface area contributed by atoms with Crippen molar-refractivity contribution in [1.29, 1.82) is 0 Å². The Bertz CT molecular complexity index is 1200. The Kier molecular flexibility index (Phi) is 5.83. The van der Waals surface area contributed by atoms with Gasteiger partial charge in [-0.15, -0.1) is 5.10 Å². The highest BCUT2D eigenvalue weighted by Crippen LogP contribution is 2.34. The molecule has 0 aliphatic rings. The zero-order valence-electron chi connectivity index (χ0n) is 16.5. The molecule has 9 heteroatoms. The number of pyridine rings is 1. The van der Waals surface area contributed by atoms with Gasteiger partial charge in [-0.2, -0.15) is 0 Å². The quantitative estimate of drug-likeness (QED) is 0.409. The van der Waals surface area contributed by atoms with Crippen LogP contribution in [0.25, 0.3) is 11.5 Å². The van der Waals surface area contributed by atoms with Gasteiger partial charge in [-0.1, -0.05) is 18.1 Å². The number of hydrogen-bond donors (Lipinski definition) is 2. The van der Waals surface area contributed by atoms with E-state index in [9.17, 15) is 13.2 Å². The Morgan fingerprint density at radius 1 is 0.903 bits per heavy atom. The fourth-order valence-corrected chi connectivity index (χ4v) is 2.95. The van der Waals surface area contributed by atoms with E-state index in [0.29, 0.717) is 13.0 Å². The van der Waals surface area contributed by atoms with Crippen LogP contribution in [-0.4, -0.2) is 15.2 Å². The van der Waals surface area contributed by atoms with Crippen molar-refractivity contribution in [2.24, 2.45) is 0 Å². The van der Waals surface area contributed by atoms with Crippen LogP contribution in [0.4, 0.5) is 30.6 Å². The number of halogens is 3. The standard InChI is InChI=1S/C22H18F3N5O/c1-2-13-3-6-18(17(24)11-13)28-20-15(4-5-16(23)19(20)25)21-29-30-22(31-21)27-12-14-7-9-26-10-8-14/h3-11,28H,2,12H2,1H3,(H,27,30). The molecule has 2 aromatic heterocycles.